The predicted molar refractivity (Wildman–Crippen MR) is 140 cm³/mol. The molecule has 7 nitrogen and oxygen atoms in total. The Hall–Kier alpha value is -3.98. The highest BCUT2D eigenvalue weighted by molar-refractivity contribution is 5.92. The molecule has 3 aliphatic rings. The van der Waals surface area contributed by atoms with Gasteiger partial charge < -0.3 is 24.3 Å². The number of alkyl halides is 2. The van der Waals surface area contributed by atoms with E-state index in [0.29, 0.717) is 36.8 Å². The molecule has 2 fully saturated rings. The van der Waals surface area contributed by atoms with Gasteiger partial charge >= 0.3 is 12.3 Å². The van der Waals surface area contributed by atoms with Gasteiger partial charge in [-0.2, -0.15) is 0 Å². The van der Waals surface area contributed by atoms with E-state index < -0.39 is 17.7 Å². The SMILES string of the molecule is COC(=O)c1ccc([C@H]2CC(NC(=O)C3(c4ccc5c(c4)OC(F)(F)O5)CC3)CC(c3ccccc3)O2)c(C)c1. The highest BCUT2D eigenvalue weighted by Gasteiger charge is 2.53. The van der Waals surface area contributed by atoms with Crippen LogP contribution in [0.25, 0.3) is 0 Å². The molecule has 1 saturated carbocycles. The second-order valence-electron chi connectivity index (χ2n) is 10.6. The van der Waals surface area contributed by atoms with Crippen LogP contribution < -0.4 is 14.8 Å². The summed E-state index contributed by atoms with van der Waals surface area (Å²) < 4.78 is 47.7. The first-order chi connectivity index (χ1) is 19.2. The average molecular weight is 550 g/mol. The summed E-state index contributed by atoms with van der Waals surface area (Å²) >= 11 is 0. The van der Waals surface area contributed by atoms with Crippen molar-refractivity contribution >= 4 is 11.9 Å². The van der Waals surface area contributed by atoms with E-state index in [1.807, 2.05) is 43.3 Å². The molecular formula is C31H29F2NO6. The Morgan fingerprint density at radius 3 is 2.35 bits per heavy atom. The zero-order valence-corrected chi connectivity index (χ0v) is 22.1. The van der Waals surface area contributed by atoms with Crippen LogP contribution >= 0.6 is 0 Å². The molecule has 0 radical (unpaired) electrons. The molecule has 3 aromatic carbocycles. The fourth-order valence-corrected chi connectivity index (χ4v) is 5.75. The summed E-state index contributed by atoms with van der Waals surface area (Å²) in [5.74, 6) is -0.666. The first-order valence-corrected chi connectivity index (χ1v) is 13.3. The maximum Gasteiger partial charge on any atom is 0.586 e. The number of carbonyl (C=O) groups is 2. The van der Waals surface area contributed by atoms with Crippen molar-refractivity contribution < 1.29 is 37.3 Å². The van der Waals surface area contributed by atoms with E-state index in [-0.39, 0.29) is 35.7 Å². The van der Waals surface area contributed by atoms with Crippen molar-refractivity contribution in [1.82, 2.24) is 5.32 Å². The van der Waals surface area contributed by atoms with E-state index in [9.17, 15) is 18.4 Å². The summed E-state index contributed by atoms with van der Waals surface area (Å²) in [5.41, 5.74) is 3.12. The largest absolute Gasteiger partial charge is 0.586 e. The van der Waals surface area contributed by atoms with Gasteiger partial charge in [-0.25, -0.2) is 4.79 Å². The summed E-state index contributed by atoms with van der Waals surface area (Å²) in [6.07, 6.45) is -1.95. The first kappa shape index (κ1) is 26.3. The molecule has 0 bridgehead atoms. The number of hydrogen-bond acceptors (Lipinski definition) is 6. The Bertz CT molecular complexity index is 1460. The minimum atomic E-state index is -3.71. The van der Waals surface area contributed by atoms with E-state index in [1.54, 1.807) is 18.2 Å². The maximum atomic E-state index is 13.7. The summed E-state index contributed by atoms with van der Waals surface area (Å²) in [7, 11) is 1.35. The fourth-order valence-electron chi connectivity index (χ4n) is 5.75. The molecule has 6 rings (SSSR count). The zero-order valence-electron chi connectivity index (χ0n) is 22.1. The smallest absolute Gasteiger partial charge is 0.465 e. The van der Waals surface area contributed by atoms with Crippen LogP contribution in [0.15, 0.2) is 66.7 Å². The molecular weight excluding hydrogens is 520 g/mol. The van der Waals surface area contributed by atoms with Crippen LogP contribution in [0.5, 0.6) is 11.5 Å². The Kier molecular flexibility index (Phi) is 6.49. The van der Waals surface area contributed by atoms with Crippen molar-refractivity contribution in [3.63, 3.8) is 0 Å². The highest BCUT2D eigenvalue weighted by Crippen LogP contribution is 2.52. The number of esters is 1. The van der Waals surface area contributed by atoms with E-state index in [0.717, 1.165) is 16.7 Å². The van der Waals surface area contributed by atoms with Gasteiger partial charge in [0.15, 0.2) is 11.5 Å². The number of halogens is 2. The van der Waals surface area contributed by atoms with Gasteiger partial charge in [-0.15, -0.1) is 8.78 Å². The van der Waals surface area contributed by atoms with Crippen molar-refractivity contribution in [2.45, 2.75) is 62.6 Å². The number of methoxy groups -OCH3 is 1. The zero-order chi connectivity index (χ0) is 28.1. The van der Waals surface area contributed by atoms with Crippen LogP contribution in [-0.2, 0) is 19.7 Å². The molecule has 208 valence electrons. The quantitative estimate of drug-likeness (QED) is 0.385. The summed E-state index contributed by atoms with van der Waals surface area (Å²) in [5, 5.41) is 3.25. The van der Waals surface area contributed by atoms with Gasteiger partial charge in [0.25, 0.3) is 0 Å². The second-order valence-corrected chi connectivity index (χ2v) is 10.6. The van der Waals surface area contributed by atoms with Gasteiger partial charge in [-0.1, -0.05) is 42.5 Å². The Morgan fingerprint density at radius 2 is 1.65 bits per heavy atom. The van der Waals surface area contributed by atoms with E-state index >= 15 is 0 Å². The normalized spacial score (nSPS) is 23.8. The van der Waals surface area contributed by atoms with Crippen LogP contribution in [0, 0.1) is 6.92 Å². The second kappa shape index (κ2) is 9.89. The lowest BCUT2D eigenvalue weighted by Gasteiger charge is -2.37. The van der Waals surface area contributed by atoms with Crippen molar-refractivity contribution in [2.24, 2.45) is 0 Å². The lowest BCUT2D eigenvalue weighted by atomic mass is 9.88. The van der Waals surface area contributed by atoms with Crippen LogP contribution in [0.1, 0.15) is 70.5 Å². The number of aryl methyl sites for hydroxylation is 1. The number of nitrogens with one attached hydrogen (secondary N) is 1. The van der Waals surface area contributed by atoms with Gasteiger partial charge in [0, 0.05) is 6.04 Å². The molecule has 1 saturated heterocycles. The number of fused-ring (bicyclic) bond motifs is 1. The number of amides is 1. The minimum Gasteiger partial charge on any atom is -0.465 e. The molecule has 0 spiro atoms. The number of rotatable bonds is 6. The summed E-state index contributed by atoms with van der Waals surface area (Å²) in [6.45, 7) is 1.92. The molecule has 9 heteroatoms. The maximum absolute atomic E-state index is 13.7. The van der Waals surface area contributed by atoms with Gasteiger partial charge in [0.1, 0.15) is 0 Å². The molecule has 2 aliphatic heterocycles. The molecule has 2 unspecified atom stereocenters. The number of benzene rings is 3. The molecule has 1 aliphatic carbocycles. The number of carbonyl (C=O) groups excluding carboxylic acids is 2. The van der Waals surface area contributed by atoms with Crippen LogP contribution in [0.4, 0.5) is 8.78 Å². The summed E-state index contributed by atoms with van der Waals surface area (Å²) in [6, 6.07) is 19.6. The third-order valence-electron chi connectivity index (χ3n) is 8.01. The third-order valence-corrected chi connectivity index (χ3v) is 8.01. The molecule has 3 atom stereocenters. The van der Waals surface area contributed by atoms with Crippen molar-refractivity contribution in [3.05, 3.63) is 94.5 Å². The highest BCUT2D eigenvalue weighted by atomic mass is 19.3. The fraction of sp³-hybridized carbons (Fsp3) is 0.355. The topological polar surface area (TPSA) is 83.1 Å². The van der Waals surface area contributed by atoms with Crippen molar-refractivity contribution in [1.29, 1.82) is 0 Å². The Labute approximate surface area is 230 Å². The van der Waals surface area contributed by atoms with Gasteiger partial charge in [0.2, 0.25) is 5.91 Å². The first-order valence-electron chi connectivity index (χ1n) is 13.3. The van der Waals surface area contributed by atoms with Crippen molar-refractivity contribution in [3.8, 4) is 11.5 Å². The molecule has 1 amide bonds. The number of ether oxygens (including phenoxy) is 4. The molecule has 40 heavy (non-hydrogen) atoms. The molecule has 0 aromatic heterocycles. The van der Waals surface area contributed by atoms with E-state index in [1.165, 1.54) is 19.2 Å². The van der Waals surface area contributed by atoms with Crippen LogP contribution in [0.2, 0.25) is 0 Å². The van der Waals surface area contributed by atoms with Crippen LogP contribution in [0.3, 0.4) is 0 Å². The van der Waals surface area contributed by atoms with Crippen LogP contribution in [-0.4, -0.2) is 31.3 Å². The predicted octanol–water partition coefficient (Wildman–Crippen LogP) is 5.91. The lowest BCUT2D eigenvalue weighted by molar-refractivity contribution is -0.286. The van der Waals surface area contributed by atoms with Crippen molar-refractivity contribution in [2.75, 3.05) is 7.11 Å². The average Bonchev–Trinajstić information content (AvgIpc) is 3.70. The van der Waals surface area contributed by atoms with Gasteiger partial charge in [-0.05, 0) is 79.1 Å². The number of hydrogen-bond donors (Lipinski definition) is 1. The molecule has 3 aromatic rings. The Morgan fingerprint density at radius 1 is 0.925 bits per heavy atom. The van der Waals surface area contributed by atoms with Gasteiger partial charge in [0.05, 0.1) is 30.3 Å². The third kappa shape index (κ3) is 4.90. The summed E-state index contributed by atoms with van der Waals surface area (Å²) in [4.78, 5) is 25.7. The molecule has 2 heterocycles. The Balaban J connectivity index is 1.24. The van der Waals surface area contributed by atoms with E-state index in [4.69, 9.17) is 9.47 Å². The minimum absolute atomic E-state index is 0.0449. The van der Waals surface area contributed by atoms with E-state index in [2.05, 4.69) is 14.8 Å². The lowest BCUT2D eigenvalue weighted by Crippen LogP contribution is -2.45. The standard InChI is InChI=1S/C31H29F2NO6/c1-18-14-20(28(35)37-2)8-10-23(18)26-17-22(16-25(38-26)19-6-4-3-5-7-19)34-29(36)30(12-13-30)21-9-11-24-27(15-21)40-31(32,33)39-24/h3-11,14-15,22,25-26H,12-13,16-17H2,1-2H3,(H,34,36)/t22?,25?,26-/m1/s1. The molecule has 1 N–H and O–H groups in total. The monoisotopic (exact) mass is 549 g/mol. The van der Waals surface area contributed by atoms with Gasteiger partial charge in [-0.3, -0.25) is 4.79 Å².